The first-order chi connectivity index (χ1) is 10.1. The molecule has 0 atom stereocenters. The Morgan fingerprint density at radius 3 is 2.62 bits per heavy atom. The normalized spacial score (nSPS) is 17.1. The van der Waals surface area contributed by atoms with Gasteiger partial charge in [-0.25, -0.2) is 0 Å². The van der Waals surface area contributed by atoms with E-state index in [-0.39, 0.29) is 5.91 Å². The summed E-state index contributed by atoms with van der Waals surface area (Å²) in [7, 11) is 3.09. The maximum absolute atomic E-state index is 12.6. The smallest absolute Gasteiger partial charge is 0.255 e. The van der Waals surface area contributed by atoms with Crippen molar-refractivity contribution in [2.45, 2.75) is 18.4 Å². The molecule has 2 rings (SSSR count). The maximum Gasteiger partial charge on any atom is 0.255 e. The molecule has 0 aromatic heterocycles. The second kappa shape index (κ2) is 7.00. The predicted molar refractivity (Wildman–Crippen MR) is 80.5 cm³/mol. The van der Waals surface area contributed by atoms with Gasteiger partial charge in [-0.15, -0.1) is 11.6 Å². The zero-order valence-electron chi connectivity index (χ0n) is 12.3. The lowest BCUT2D eigenvalue weighted by atomic mass is 9.91. The molecule has 0 saturated carbocycles. The van der Waals surface area contributed by atoms with Crippen LogP contribution in [0.2, 0.25) is 0 Å². The highest BCUT2D eigenvalue weighted by Gasteiger charge is 2.34. The molecule has 1 N–H and O–H groups in total. The standard InChI is InChI=1S/C15H20ClNO4/c1-19-11-3-4-13(20-2)12(9-11)14(18)17-15(10-16)5-7-21-8-6-15/h3-4,9H,5-8,10H2,1-2H3,(H,17,18). The van der Waals surface area contributed by atoms with Gasteiger partial charge in [0.2, 0.25) is 0 Å². The average Bonchev–Trinajstić information content (AvgIpc) is 2.55. The van der Waals surface area contributed by atoms with Crippen molar-refractivity contribution in [1.82, 2.24) is 5.32 Å². The number of ether oxygens (including phenoxy) is 3. The van der Waals surface area contributed by atoms with Gasteiger partial charge in [-0.05, 0) is 31.0 Å². The fraction of sp³-hybridized carbons (Fsp3) is 0.533. The highest BCUT2D eigenvalue weighted by atomic mass is 35.5. The Morgan fingerprint density at radius 1 is 1.33 bits per heavy atom. The highest BCUT2D eigenvalue weighted by Crippen LogP contribution is 2.27. The zero-order chi connectivity index (χ0) is 15.3. The number of benzene rings is 1. The first kappa shape index (κ1) is 15.9. The van der Waals surface area contributed by atoms with Gasteiger partial charge in [0.1, 0.15) is 11.5 Å². The van der Waals surface area contributed by atoms with Crippen molar-refractivity contribution in [3.05, 3.63) is 23.8 Å². The molecule has 1 fully saturated rings. The Morgan fingerprint density at radius 2 is 2.05 bits per heavy atom. The lowest BCUT2D eigenvalue weighted by Gasteiger charge is -2.36. The van der Waals surface area contributed by atoms with Gasteiger partial charge in [-0.3, -0.25) is 4.79 Å². The molecule has 1 aromatic carbocycles. The van der Waals surface area contributed by atoms with Crippen LogP contribution in [0.25, 0.3) is 0 Å². The third kappa shape index (κ3) is 3.60. The molecule has 6 heteroatoms. The van der Waals surface area contributed by atoms with Gasteiger partial charge in [0.25, 0.3) is 5.91 Å². The van der Waals surface area contributed by atoms with Crippen molar-refractivity contribution in [2.24, 2.45) is 0 Å². The quantitative estimate of drug-likeness (QED) is 0.847. The van der Waals surface area contributed by atoms with Crippen LogP contribution in [-0.4, -0.2) is 44.8 Å². The Kier molecular flexibility index (Phi) is 5.31. The lowest BCUT2D eigenvalue weighted by molar-refractivity contribution is 0.0433. The van der Waals surface area contributed by atoms with E-state index in [0.717, 1.165) is 0 Å². The summed E-state index contributed by atoms with van der Waals surface area (Å²) < 4.78 is 15.8. The van der Waals surface area contributed by atoms with E-state index < -0.39 is 5.54 Å². The van der Waals surface area contributed by atoms with E-state index in [1.807, 2.05) is 0 Å². The summed E-state index contributed by atoms with van der Waals surface area (Å²) in [5.41, 5.74) is 0.0122. The molecule has 0 aliphatic carbocycles. The molecular formula is C15H20ClNO4. The van der Waals surface area contributed by atoms with Crippen molar-refractivity contribution in [3.8, 4) is 11.5 Å². The predicted octanol–water partition coefficient (Wildman–Crippen LogP) is 2.22. The van der Waals surface area contributed by atoms with Crippen LogP contribution in [0.15, 0.2) is 18.2 Å². The number of hydrogen-bond acceptors (Lipinski definition) is 4. The molecule has 1 aromatic rings. The SMILES string of the molecule is COc1ccc(OC)c(C(=O)NC2(CCl)CCOCC2)c1. The summed E-state index contributed by atoms with van der Waals surface area (Å²) >= 11 is 6.07. The zero-order valence-corrected chi connectivity index (χ0v) is 13.0. The van der Waals surface area contributed by atoms with Crippen LogP contribution in [0.5, 0.6) is 11.5 Å². The number of nitrogens with one attached hydrogen (secondary N) is 1. The molecule has 1 heterocycles. The Balaban J connectivity index is 2.22. The third-order valence-electron chi connectivity index (χ3n) is 3.74. The van der Waals surface area contributed by atoms with Crippen LogP contribution >= 0.6 is 11.6 Å². The van der Waals surface area contributed by atoms with Gasteiger partial charge < -0.3 is 19.5 Å². The van der Waals surface area contributed by atoms with Crippen LogP contribution in [-0.2, 0) is 4.74 Å². The molecule has 21 heavy (non-hydrogen) atoms. The highest BCUT2D eigenvalue weighted by molar-refractivity contribution is 6.19. The Bertz CT molecular complexity index is 500. The maximum atomic E-state index is 12.6. The summed E-state index contributed by atoms with van der Waals surface area (Å²) in [6.07, 6.45) is 1.41. The van der Waals surface area contributed by atoms with Crippen molar-refractivity contribution < 1.29 is 19.0 Å². The van der Waals surface area contributed by atoms with Crippen LogP contribution in [0.4, 0.5) is 0 Å². The number of rotatable bonds is 5. The molecule has 1 amide bonds. The summed E-state index contributed by atoms with van der Waals surface area (Å²) in [6.45, 7) is 1.20. The minimum absolute atomic E-state index is 0.215. The molecule has 1 saturated heterocycles. The molecule has 0 bridgehead atoms. The largest absolute Gasteiger partial charge is 0.497 e. The van der Waals surface area contributed by atoms with Gasteiger partial charge in [0.05, 0.1) is 25.3 Å². The fourth-order valence-electron chi connectivity index (χ4n) is 2.35. The van der Waals surface area contributed by atoms with Crippen LogP contribution in [0, 0.1) is 0 Å². The topological polar surface area (TPSA) is 56.8 Å². The van der Waals surface area contributed by atoms with E-state index in [4.69, 9.17) is 25.8 Å². The van der Waals surface area contributed by atoms with E-state index in [0.29, 0.717) is 49.0 Å². The van der Waals surface area contributed by atoms with Crippen LogP contribution in [0.3, 0.4) is 0 Å². The minimum atomic E-state index is -0.426. The van der Waals surface area contributed by atoms with Gasteiger partial charge in [-0.2, -0.15) is 0 Å². The van der Waals surface area contributed by atoms with E-state index in [1.165, 1.54) is 7.11 Å². The molecular weight excluding hydrogens is 294 g/mol. The molecule has 0 unspecified atom stereocenters. The summed E-state index contributed by atoms with van der Waals surface area (Å²) in [4.78, 5) is 12.6. The molecule has 0 spiro atoms. The van der Waals surface area contributed by atoms with Gasteiger partial charge in [-0.1, -0.05) is 0 Å². The fourth-order valence-corrected chi connectivity index (χ4v) is 2.69. The number of hydrogen-bond donors (Lipinski definition) is 1. The van der Waals surface area contributed by atoms with Crippen LogP contribution < -0.4 is 14.8 Å². The number of alkyl halides is 1. The van der Waals surface area contributed by atoms with Gasteiger partial charge in [0, 0.05) is 19.1 Å². The van der Waals surface area contributed by atoms with E-state index in [1.54, 1.807) is 25.3 Å². The van der Waals surface area contributed by atoms with E-state index >= 15 is 0 Å². The minimum Gasteiger partial charge on any atom is -0.497 e. The van der Waals surface area contributed by atoms with Crippen molar-refractivity contribution in [2.75, 3.05) is 33.3 Å². The third-order valence-corrected chi connectivity index (χ3v) is 4.25. The Labute approximate surface area is 129 Å². The molecule has 1 aliphatic rings. The number of carbonyl (C=O) groups is 1. The average molecular weight is 314 g/mol. The Hall–Kier alpha value is -1.46. The van der Waals surface area contributed by atoms with Crippen molar-refractivity contribution in [1.29, 1.82) is 0 Å². The number of halogens is 1. The first-order valence-corrected chi connectivity index (χ1v) is 7.36. The van der Waals surface area contributed by atoms with E-state index in [9.17, 15) is 4.79 Å². The van der Waals surface area contributed by atoms with Gasteiger partial charge in [0.15, 0.2) is 0 Å². The van der Waals surface area contributed by atoms with Crippen molar-refractivity contribution >= 4 is 17.5 Å². The lowest BCUT2D eigenvalue weighted by Crippen LogP contribution is -2.53. The number of methoxy groups -OCH3 is 2. The second-order valence-corrected chi connectivity index (χ2v) is 5.31. The molecule has 116 valence electrons. The molecule has 5 nitrogen and oxygen atoms in total. The molecule has 0 radical (unpaired) electrons. The number of carbonyl (C=O) groups excluding carboxylic acids is 1. The second-order valence-electron chi connectivity index (χ2n) is 5.05. The first-order valence-electron chi connectivity index (χ1n) is 6.82. The van der Waals surface area contributed by atoms with E-state index in [2.05, 4.69) is 5.32 Å². The summed E-state index contributed by atoms with van der Waals surface area (Å²) in [6, 6.07) is 5.13. The van der Waals surface area contributed by atoms with Gasteiger partial charge >= 0.3 is 0 Å². The monoisotopic (exact) mass is 313 g/mol. The summed E-state index contributed by atoms with van der Waals surface area (Å²) in [5, 5.41) is 3.04. The van der Waals surface area contributed by atoms with Crippen LogP contribution in [0.1, 0.15) is 23.2 Å². The van der Waals surface area contributed by atoms with Crippen molar-refractivity contribution in [3.63, 3.8) is 0 Å². The number of amides is 1. The summed E-state index contributed by atoms with van der Waals surface area (Å²) in [5.74, 6) is 1.25. The molecule has 1 aliphatic heterocycles.